The Morgan fingerprint density at radius 3 is 1.03 bits per heavy atom. The van der Waals surface area contributed by atoms with Crippen LogP contribution in [0.2, 0.25) is 0 Å². The molecule has 0 unspecified atom stereocenters. The van der Waals surface area contributed by atoms with Crippen LogP contribution in [-0.2, 0) is 0 Å². The van der Waals surface area contributed by atoms with Crippen LogP contribution in [0.3, 0.4) is 0 Å². The van der Waals surface area contributed by atoms with Crippen LogP contribution in [0, 0.1) is 0 Å². The lowest BCUT2D eigenvalue weighted by molar-refractivity contribution is 0.102. The molecule has 0 aliphatic rings. The van der Waals surface area contributed by atoms with Gasteiger partial charge in [-0.05, 0) is 34.4 Å². The molecular weight excluding hydrogens is 368 g/mol. The van der Waals surface area contributed by atoms with Crippen molar-refractivity contribution in [1.29, 1.82) is 0 Å². The lowest BCUT2D eigenvalue weighted by atomic mass is 10.0. The van der Waals surface area contributed by atoms with Crippen molar-refractivity contribution in [3.05, 3.63) is 132 Å². The molecule has 0 atom stereocenters. The van der Waals surface area contributed by atoms with E-state index in [9.17, 15) is 9.59 Å². The molecule has 4 rings (SSSR count). The molecule has 0 saturated heterocycles. The first kappa shape index (κ1) is 19.3. The molecule has 4 aromatic carbocycles. The van der Waals surface area contributed by atoms with Crippen LogP contribution < -0.4 is 0 Å². The summed E-state index contributed by atoms with van der Waals surface area (Å²) in [5.74, 6) is -0.382. The Bertz CT molecular complexity index is 1070. The van der Waals surface area contributed by atoms with Crippen molar-refractivity contribution in [2.45, 2.75) is 0 Å². The molecule has 0 radical (unpaired) electrons. The third-order valence-corrected chi connectivity index (χ3v) is 4.94. The summed E-state index contributed by atoms with van der Waals surface area (Å²) in [6.45, 7) is 0. The van der Waals surface area contributed by atoms with Crippen LogP contribution in [0.5, 0.6) is 0 Å². The van der Waals surface area contributed by atoms with E-state index in [-0.39, 0.29) is 11.6 Å². The van der Waals surface area contributed by atoms with E-state index >= 15 is 0 Å². The van der Waals surface area contributed by atoms with Crippen molar-refractivity contribution in [2.75, 3.05) is 0 Å². The number of hydrogen-bond acceptors (Lipinski definition) is 2. The third-order valence-electron chi connectivity index (χ3n) is 4.94. The summed E-state index contributed by atoms with van der Waals surface area (Å²) < 4.78 is 0. The van der Waals surface area contributed by atoms with Gasteiger partial charge < -0.3 is 0 Å². The predicted octanol–water partition coefficient (Wildman–Crippen LogP) is 6.64. The van der Waals surface area contributed by atoms with Gasteiger partial charge in [0.25, 0.3) is 0 Å². The van der Waals surface area contributed by atoms with E-state index < -0.39 is 0 Å². The number of ketones is 2. The van der Waals surface area contributed by atoms with E-state index in [1.165, 1.54) is 12.2 Å². The van der Waals surface area contributed by atoms with Crippen LogP contribution in [-0.4, -0.2) is 11.6 Å². The fourth-order valence-corrected chi connectivity index (χ4v) is 3.26. The summed E-state index contributed by atoms with van der Waals surface area (Å²) in [5, 5.41) is 0. The highest BCUT2D eigenvalue weighted by Crippen LogP contribution is 2.21. The van der Waals surface area contributed by atoms with Crippen molar-refractivity contribution in [3.8, 4) is 22.3 Å². The molecule has 0 fully saturated rings. The molecule has 0 heterocycles. The lowest BCUT2D eigenvalue weighted by Crippen LogP contribution is -1.98. The Kier molecular flexibility index (Phi) is 5.77. The van der Waals surface area contributed by atoms with Gasteiger partial charge >= 0.3 is 0 Å². The minimum Gasteiger partial charge on any atom is -0.289 e. The molecule has 4 aromatic rings. The second-order valence-corrected chi connectivity index (χ2v) is 6.95. The second-order valence-electron chi connectivity index (χ2n) is 6.95. The maximum absolute atomic E-state index is 12.4. The van der Waals surface area contributed by atoms with Crippen LogP contribution in [0.25, 0.3) is 22.3 Å². The van der Waals surface area contributed by atoms with E-state index in [4.69, 9.17) is 0 Å². The summed E-state index contributed by atoms with van der Waals surface area (Å²) in [6, 6.07) is 34.8. The summed E-state index contributed by atoms with van der Waals surface area (Å²) in [4.78, 5) is 24.9. The van der Waals surface area contributed by atoms with Crippen LogP contribution in [0.15, 0.2) is 121 Å². The first-order valence-corrected chi connectivity index (χ1v) is 9.78. The third kappa shape index (κ3) is 4.50. The fraction of sp³-hybridized carbons (Fsp3) is 0. The zero-order valence-corrected chi connectivity index (χ0v) is 16.4. The summed E-state index contributed by atoms with van der Waals surface area (Å²) in [5.41, 5.74) is 5.40. The SMILES string of the molecule is O=C(/C=C/C(=O)c1ccc(-c2ccccc2)cc1)c1ccc(-c2ccccc2)cc1. The molecule has 0 aliphatic carbocycles. The van der Waals surface area contributed by atoms with Crippen LogP contribution in [0.4, 0.5) is 0 Å². The van der Waals surface area contributed by atoms with Gasteiger partial charge in [-0.2, -0.15) is 0 Å². The maximum atomic E-state index is 12.4. The monoisotopic (exact) mass is 388 g/mol. The van der Waals surface area contributed by atoms with Gasteiger partial charge in [0.2, 0.25) is 0 Å². The minimum absolute atomic E-state index is 0.191. The van der Waals surface area contributed by atoms with Gasteiger partial charge in [-0.15, -0.1) is 0 Å². The summed E-state index contributed by atoms with van der Waals surface area (Å²) >= 11 is 0. The number of hydrogen-bond donors (Lipinski definition) is 0. The molecule has 144 valence electrons. The van der Waals surface area contributed by atoms with Gasteiger partial charge in [-0.25, -0.2) is 0 Å². The van der Waals surface area contributed by atoms with E-state index in [0.717, 1.165) is 22.3 Å². The van der Waals surface area contributed by atoms with Crippen molar-refractivity contribution in [2.24, 2.45) is 0 Å². The summed E-state index contributed by atoms with van der Waals surface area (Å²) in [6.07, 6.45) is 2.68. The highest BCUT2D eigenvalue weighted by Gasteiger charge is 2.06. The van der Waals surface area contributed by atoms with Crippen LogP contribution >= 0.6 is 0 Å². The van der Waals surface area contributed by atoms with E-state index in [1.54, 1.807) is 24.3 Å². The van der Waals surface area contributed by atoms with Gasteiger partial charge in [0.05, 0.1) is 0 Å². The molecule has 2 heteroatoms. The Morgan fingerprint density at radius 2 is 0.700 bits per heavy atom. The van der Waals surface area contributed by atoms with Gasteiger partial charge in [-0.1, -0.05) is 109 Å². The smallest absolute Gasteiger partial charge is 0.185 e. The summed E-state index contributed by atoms with van der Waals surface area (Å²) in [7, 11) is 0. The van der Waals surface area contributed by atoms with E-state index in [0.29, 0.717) is 11.1 Å². The van der Waals surface area contributed by atoms with E-state index in [1.807, 2.05) is 84.9 Å². The average molecular weight is 388 g/mol. The van der Waals surface area contributed by atoms with Gasteiger partial charge in [0.15, 0.2) is 11.6 Å². The first-order chi connectivity index (χ1) is 14.7. The van der Waals surface area contributed by atoms with Gasteiger partial charge in [0, 0.05) is 11.1 Å². The van der Waals surface area contributed by atoms with Crippen LogP contribution in [0.1, 0.15) is 20.7 Å². The van der Waals surface area contributed by atoms with Crippen molar-refractivity contribution in [3.63, 3.8) is 0 Å². The maximum Gasteiger partial charge on any atom is 0.185 e. The molecule has 0 aromatic heterocycles. The Labute approximate surface area is 176 Å². The molecule has 0 amide bonds. The Balaban J connectivity index is 1.43. The van der Waals surface area contributed by atoms with E-state index in [2.05, 4.69) is 0 Å². The number of allylic oxidation sites excluding steroid dienone is 2. The van der Waals surface area contributed by atoms with Crippen molar-refractivity contribution >= 4 is 11.6 Å². The quantitative estimate of drug-likeness (QED) is 0.274. The first-order valence-electron chi connectivity index (χ1n) is 9.78. The zero-order chi connectivity index (χ0) is 20.8. The molecule has 30 heavy (non-hydrogen) atoms. The molecule has 0 spiro atoms. The Morgan fingerprint density at radius 1 is 0.400 bits per heavy atom. The Hall–Kier alpha value is -4.04. The molecule has 0 bridgehead atoms. The largest absolute Gasteiger partial charge is 0.289 e. The van der Waals surface area contributed by atoms with Gasteiger partial charge in [-0.3, -0.25) is 9.59 Å². The normalized spacial score (nSPS) is 10.8. The second kappa shape index (κ2) is 8.97. The molecular formula is C28H20O2. The molecule has 2 nitrogen and oxygen atoms in total. The average Bonchev–Trinajstić information content (AvgIpc) is 2.83. The highest BCUT2D eigenvalue weighted by atomic mass is 16.1. The lowest BCUT2D eigenvalue weighted by Gasteiger charge is -2.03. The number of rotatable bonds is 6. The molecule has 0 saturated carbocycles. The van der Waals surface area contributed by atoms with Crippen molar-refractivity contribution in [1.82, 2.24) is 0 Å². The fourth-order valence-electron chi connectivity index (χ4n) is 3.26. The minimum atomic E-state index is -0.191. The topological polar surface area (TPSA) is 34.1 Å². The number of carbonyl (C=O) groups excluding carboxylic acids is 2. The predicted molar refractivity (Wildman–Crippen MR) is 122 cm³/mol. The molecule has 0 N–H and O–H groups in total. The number of benzene rings is 4. The van der Waals surface area contributed by atoms with Gasteiger partial charge in [0.1, 0.15) is 0 Å². The standard InChI is InChI=1S/C28H20O2/c29-27(25-15-11-23(12-16-25)21-7-3-1-4-8-21)19-20-28(30)26-17-13-24(14-18-26)22-9-5-2-6-10-22/h1-20H/b20-19+. The van der Waals surface area contributed by atoms with Crippen molar-refractivity contribution < 1.29 is 9.59 Å². The number of carbonyl (C=O) groups is 2. The zero-order valence-electron chi connectivity index (χ0n) is 16.4. The highest BCUT2D eigenvalue weighted by molar-refractivity contribution is 6.12. The molecule has 0 aliphatic heterocycles.